The molecule has 1 aliphatic heterocycles. The normalized spacial score (nSPS) is 18.8. The molecule has 20 heavy (non-hydrogen) atoms. The van der Waals surface area contributed by atoms with Gasteiger partial charge in [0.15, 0.2) is 0 Å². The fourth-order valence-electron chi connectivity index (χ4n) is 2.06. The Morgan fingerprint density at radius 2 is 2.40 bits per heavy atom. The molecule has 1 aromatic rings. The zero-order chi connectivity index (χ0) is 14.4. The van der Waals surface area contributed by atoms with Crippen LogP contribution in [0.5, 0.6) is 0 Å². The van der Waals surface area contributed by atoms with Gasteiger partial charge in [0.25, 0.3) is 0 Å². The highest BCUT2D eigenvalue weighted by Crippen LogP contribution is 2.15. The number of carboxylic acids is 1. The Hall–Kier alpha value is -1.72. The van der Waals surface area contributed by atoms with E-state index in [2.05, 4.69) is 0 Å². The van der Waals surface area contributed by atoms with Gasteiger partial charge < -0.3 is 14.6 Å². The van der Waals surface area contributed by atoms with E-state index in [4.69, 9.17) is 14.6 Å². The molecule has 1 heterocycles. The predicted molar refractivity (Wildman–Crippen MR) is 71.7 cm³/mol. The second-order valence-electron chi connectivity index (χ2n) is 4.68. The van der Waals surface area contributed by atoms with Gasteiger partial charge in [0.2, 0.25) is 0 Å². The van der Waals surface area contributed by atoms with Crippen molar-refractivity contribution in [2.75, 3.05) is 13.2 Å². The third-order valence-corrected chi connectivity index (χ3v) is 3.06. The number of hydrogen-bond donors (Lipinski definition) is 1. The lowest BCUT2D eigenvalue weighted by Gasteiger charge is -2.10. The fraction of sp³-hybridized carbons (Fsp3) is 0.400. The number of aliphatic carboxylic acids is 1. The van der Waals surface area contributed by atoms with Crippen molar-refractivity contribution in [3.63, 3.8) is 0 Å². The van der Waals surface area contributed by atoms with Gasteiger partial charge in [0.05, 0.1) is 19.3 Å². The SMILES string of the molecule is O=C(O)C=Cc1cc(COCC2CCCO2)ccc1F. The fourth-order valence-corrected chi connectivity index (χ4v) is 2.06. The Labute approximate surface area is 116 Å². The third kappa shape index (κ3) is 4.43. The average Bonchev–Trinajstić information content (AvgIpc) is 2.92. The maximum absolute atomic E-state index is 13.5. The number of hydrogen-bond acceptors (Lipinski definition) is 3. The lowest BCUT2D eigenvalue weighted by atomic mass is 10.1. The molecule has 5 heteroatoms. The molecule has 0 aromatic heterocycles. The van der Waals surface area contributed by atoms with Crippen LogP contribution in [0.15, 0.2) is 24.3 Å². The second kappa shape index (κ2) is 7.17. The molecule has 108 valence electrons. The number of rotatable bonds is 6. The summed E-state index contributed by atoms with van der Waals surface area (Å²) in [4.78, 5) is 10.4. The first kappa shape index (κ1) is 14.7. The molecule has 0 amide bonds. The van der Waals surface area contributed by atoms with Gasteiger partial charge in [-0.2, -0.15) is 0 Å². The van der Waals surface area contributed by atoms with E-state index in [1.54, 1.807) is 12.1 Å². The van der Waals surface area contributed by atoms with E-state index in [9.17, 15) is 9.18 Å². The van der Waals surface area contributed by atoms with E-state index in [-0.39, 0.29) is 11.7 Å². The smallest absolute Gasteiger partial charge is 0.328 e. The molecule has 1 aliphatic rings. The first-order valence-electron chi connectivity index (χ1n) is 6.54. The van der Waals surface area contributed by atoms with E-state index in [1.807, 2.05) is 0 Å². The van der Waals surface area contributed by atoms with Crippen molar-refractivity contribution in [1.82, 2.24) is 0 Å². The Balaban J connectivity index is 1.90. The summed E-state index contributed by atoms with van der Waals surface area (Å²) in [6.07, 6.45) is 4.38. The molecular weight excluding hydrogens is 263 g/mol. The van der Waals surface area contributed by atoms with Crippen molar-refractivity contribution < 1.29 is 23.8 Å². The van der Waals surface area contributed by atoms with Gasteiger partial charge in [0, 0.05) is 18.2 Å². The standard InChI is InChI=1S/C15H17FO4/c16-14-5-3-11(8-12(14)4-6-15(17)18)9-19-10-13-2-1-7-20-13/h3-6,8,13H,1-2,7,9-10H2,(H,17,18). The van der Waals surface area contributed by atoms with Crippen molar-refractivity contribution in [1.29, 1.82) is 0 Å². The van der Waals surface area contributed by atoms with Gasteiger partial charge in [-0.25, -0.2) is 9.18 Å². The summed E-state index contributed by atoms with van der Waals surface area (Å²) in [5, 5.41) is 8.55. The van der Waals surface area contributed by atoms with Crippen molar-refractivity contribution in [3.8, 4) is 0 Å². The minimum atomic E-state index is -1.11. The highest BCUT2D eigenvalue weighted by molar-refractivity contribution is 5.85. The summed E-state index contributed by atoms with van der Waals surface area (Å²) in [6.45, 7) is 1.67. The molecule has 1 fully saturated rings. The van der Waals surface area contributed by atoms with Gasteiger partial charge in [0.1, 0.15) is 5.82 Å². The molecule has 0 saturated carbocycles. The molecule has 1 N–H and O–H groups in total. The highest BCUT2D eigenvalue weighted by Gasteiger charge is 2.15. The van der Waals surface area contributed by atoms with E-state index in [0.717, 1.165) is 31.1 Å². The second-order valence-corrected chi connectivity index (χ2v) is 4.68. The number of carboxylic acid groups (broad SMARTS) is 1. The molecule has 0 radical (unpaired) electrons. The van der Waals surface area contributed by atoms with Crippen LogP contribution in [0.25, 0.3) is 6.08 Å². The minimum Gasteiger partial charge on any atom is -0.478 e. The Bertz CT molecular complexity index is 493. The Kier molecular flexibility index (Phi) is 5.26. The first-order valence-corrected chi connectivity index (χ1v) is 6.54. The summed E-state index contributed by atoms with van der Waals surface area (Å²) in [6, 6.07) is 4.53. The summed E-state index contributed by atoms with van der Waals surface area (Å²) in [7, 11) is 0. The van der Waals surface area contributed by atoms with Crippen molar-refractivity contribution in [2.45, 2.75) is 25.6 Å². The van der Waals surface area contributed by atoms with Gasteiger partial charge in [-0.15, -0.1) is 0 Å². The van der Waals surface area contributed by atoms with E-state index in [0.29, 0.717) is 13.2 Å². The highest BCUT2D eigenvalue weighted by atomic mass is 19.1. The minimum absolute atomic E-state index is 0.154. The number of ether oxygens (including phenoxy) is 2. The van der Waals surface area contributed by atoms with Crippen molar-refractivity contribution in [2.24, 2.45) is 0 Å². The summed E-state index contributed by atoms with van der Waals surface area (Å²) in [5.74, 6) is -1.56. The molecule has 1 atom stereocenters. The molecular formula is C15H17FO4. The van der Waals surface area contributed by atoms with Crippen LogP contribution in [0.4, 0.5) is 4.39 Å². The molecule has 1 unspecified atom stereocenters. The maximum atomic E-state index is 13.5. The Morgan fingerprint density at radius 3 is 3.10 bits per heavy atom. The number of halogens is 1. The van der Waals surface area contributed by atoms with Gasteiger partial charge >= 0.3 is 5.97 Å². The van der Waals surface area contributed by atoms with E-state index in [1.165, 1.54) is 12.1 Å². The molecule has 0 aliphatic carbocycles. The van der Waals surface area contributed by atoms with Crippen LogP contribution in [0.1, 0.15) is 24.0 Å². The lowest BCUT2D eigenvalue weighted by Crippen LogP contribution is -2.13. The van der Waals surface area contributed by atoms with Gasteiger partial charge in [-0.3, -0.25) is 0 Å². The van der Waals surface area contributed by atoms with Gasteiger partial charge in [-0.1, -0.05) is 6.07 Å². The summed E-state index contributed by atoms with van der Waals surface area (Å²) >= 11 is 0. The summed E-state index contributed by atoms with van der Waals surface area (Å²) < 4.78 is 24.5. The largest absolute Gasteiger partial charge is 0.478 e. The van der Waals surface area contributed by atoms with Crippen molar-refractivity contribution >= 4 is 12.0 Å². The summed E-state index contributed by atoms with van der Waals surface area (Å²) in [5.41, 5.74) is 1.04. The molecule has 0 spiro atoms. The molecule has 1 saturated heterocycles. The van der Waals surface area contributed by atoms with Crippen LogP contribution in [-0.2, 0) is 20.9 Å². The van der Waals surface area contributed by atoms with Crippen LogP contribution in [0.2, 0.25) is 0 Å². The molecule has 2 rings (SSSR count). The molecule has 0 bridgehead atoms. The van der Waals surface area contributed by atoms with Crippen molar-refractivity contribution in [3.05, 3.63) is 41.2 Å². The molecule has 4 nitrogen and oxygen atoms in total. The van der Waals surface area contributed by atoms with Crippen LogP contribution >= 0.6 is 0 Å². The zero-order valence-corrected chi connectivity index (χ0v) is 11.0. The number of benzene rings is 1. The zero-order valence-electron chi connectivity index (χ0n) is 11.0. The monoisotopic (exact) mass is 280 g/mol. The van der Waals surface area contributed by atoms with Crippen LogP contribution in [0.3, 0.4) is 0 Å². The first-order chi connectivity index (χ1) is 9.65. The van der Waals surface area contributed by atoms with E-state index < -0.39 is 11.8 Å². The predicted octanol–water partition coefficient (Wildman–Crippen LogP) is 2.62. The topological polar surface area (TPSA) is 55.8 Å². The third-order valence-electron chi connectivity index (χ3n) is 3.06. The van der Waals surface area contributed by atoms with Crippen LogP contribution < -0.4 is 0 Å². The van der Waals surface area contributed by atoms with Crippen LogP contribution in [0, 0.1) is 5.82 Å². The Morgan fingerprint density at radius 1 is 1.55 bits per heavy atom. The average molecular weight is 280 g/mol. The van der Waals surface area contributed by atoms with Gasteiger partial charge in [-0.05, 0) is 36.6 Å². The molecule has 1 aromatic carbocycles. The quantitative estimate of drug-likeness (QED) is 0.814. The number of carbonyl (C=O) groups is 1. The maximum Gasteiger partial charge on any atom is 0.328 e. The lowest BCUT2D eigenvalue weighted by molar-refractivity contribution is -0.131. The van der Waals surface area contributed by atoms with E-state index >= 15 is 0 Å². The van der Waals surface area contributed by atoms with Crippen LogP contribution in [-0.4, -0.2) is 30.4 Å².